The molecular formula is C10H14N4O2S. The van der Waals surface area contributed by atoms with Crippen LogP contribution in [0.2, 0.25) is 0 Å². The van der Waals surface area contributed by atoms with Gasteiger partial charge in [-0.25, -0.2) is 0 Å². The number of fused-ring (bicyclic) bond motifs is 1. The van der Waals surface area contributed by atoms with Crippen LogP contribution in [0.1, 0.15) is 5.69 Å². The van der Waals surface area contributed by atoms with Crippen molar-refractivity contribution in [3.63, 3.8) is 0 Å². The number of nitrogens with one attached hydrogen (secondary N) is 2. The minimum atomic E-state index is -0.0463. The molecule has 2 rings (SSSR count). The molecule has 1 amide bonds. The number of imidazole rings is 1. The summed E-state index contributed by atoms with van der Waals surface area (Å²) in [6, 6.07) is 0. The van der Waals surface area contributed by atoms with Crippen LogP contribution in [0.4, 0.5) is 0 Å². The van der Waals surface area contributed by atoms with Gasteiger partial charge in [-0.15, -0.1) is 11.3 Å². The first kappa shape index (κ1) is 11.9. The van der Waals surface area contributed by atoms with Gasteiger partial charge in [0.1, 0.15) is 5.69 Å². The lowest BCUT2D eigenvalue weighted by molar-refractivity contribution is -0.119. The molecule has 0 atom stereocenters. The summed E-state index contributed by atoms with van der Waals surface area (Å²) in [5.74, 6) is 0.552. The molecule has 0 aliphatic carbocycles. The van der Waals surface area contributed by atoms with E-state index < -0.39 is 0 Å². The normalized spacial score (nSPS) is 10.7. The predicted molar refractivity (Wildman–Crippen MR) is 65.4 cm³/mol. The maximum absolute atomic E-state index is 11.1. The summed E-state index contributed by atoms with van der Waals surface area (Å²) in [6.45, 7) is 0.811. The van der Waals surface area contributed by atoms with Crippen molar-refractivity contribution in [1.29, 1.82) is 0 Å². The number of hydrogen-bond donors (Lipinski definition) is 2. The second-order valence-electron chi connectivity index (χ2n) is 3.40. The van der Waals surface area contributed by atoms with Crippen LogP contribution in [0.3, 0.4) is 0 Å². The standard InChI is InChI=1S/C10H14N4O2S/c1-11-8(15)6-12-5-7-9(16-2)13-10-14(7)3-4-17-10/h3-4,12H,5-6H2,1-2H3,(H,11,15). The van der Waals surface area contributed by atoms with E-state index in [0.717, 1.165) is 10.7 Å². The van der Waals surface area contributed by atoms with E-state index in [4.69, 9.17) is 4.74 Å². The monoisotopic (exact) mass is 254 g/mol. The quantitative estimate of drug-likeness (QED) is 0.802. The first-order chi connectivity index (χ1) is 8.26. The van der Waals surface area contributed by atoms with Gasteiger partial charge in [0.15, 0.2) is 4.96 Å². The first-order valence-electron chi connectivity index (χ1n) is 5.16. The molecule has 6 nitrogen and oxygen atoms in total. The average molecular weight is 254 g/mol. The van der Waals surface area contributed by atoms with Gasteiger partial charge in [0.05, 0.1) is 13.7 Å². The summed E-state index contributed by atoms with van der Waals surface area (Å²) >= 11 is 1.55. The molecule has 0 aromatic carbocycles. The Kier molecular flexibility index (Phi) is 3.60. The zero-order chi connectivity index (χ0) is 12.3. The van der Waals surface area contributed by atoms with Crippen molar-refractivity contribution in [2.45, 2.75) is 6.54 Å². The van der Waals surface area contributed by atoms with Gasteiger partial charge < -0.3 is 15.4 Å². The summed E-state index contributed by atoms with van der Waals surface area (Å²) in [5, 5.41) is 7.56. The predicted octanol–water partition coefficient (Wildman–Crippen LogP) is 0.240. The molecule has 0 unspecified atom stereocenters. The highest BCUT2D eigenvalue weighted by Gasteiger charge is 2.13. The number of hydrogen-bond acceptors (Lipinski definition) is 5. The first-order valence-corrected chi connectivity index (χ1v) is 6.04. The molecule has 2 N–H and O–H groups in total. The highest BCUT2D eigenvalue weighted by molar-refractivity contribution is 7.15. The Morgan fingerprint density at radius 1 is 1.65 bits per heavy atom. The molecule has 7 heteroatoms. The maximum atomic E-state index is 11.1. The number of rotatable bonds is 5. The van der Waals surface area contributed by atoms with E-state index in [1.165, 1.54) is 0 Å². The second kappa shape index (κ2) is 5.15. The SMILES string of the molecule is CNC(=O)CNCc1c(OC)nc2sccn12. The zero-order valence-electron chi connectivity index (χ0n) is 9.69. The fourth-order valence-electron chi connectivity index (χ4n) is 1.52. The Balaban J connectivity index is 2.10. The fraction of sp³-hybridized carbons (Fsp3) is 0.400. The third-order valence-corrected chi connectivity index (χ3v) is 3.13. The Morgan fingerprint density at radius 2 is 2.47 bits per heavy atom. The van der Waals surface area contributed by atoms with Crippen LogP contribution in [0.25, 0.3) is 4.96 Å². The maximum Gasteiger partial charge on any atom is 0.237 e. The van der Waals surface area contributed by atoms with Gasteiger partial charge in [-0.2, -0.15) is 4.98 Å². The van der Waals surface area contributed by atoms with Crippen molar-refractivity contribution < 1.29 is 9.53 Å². The number of nitrogens with zero attached hydrogens (tertiary/aromatic N) is 2. The van der Waals surface area contributed by atoms with Gasteiger partial charge >= 0.3 is 0 Å². The molecule has 2 aromatic heterocycles. The molecule has 0 saturated carbocycles. The third kappa shape index (κ3) is 2.40. The van der Waals surface area contributed by atoms with E-state index in [2.05, 4.69) is 15.6 Å². The molecule has 0 bridgehead atoms. The van der Waals surface area contributed by atoms with E-state index in [9.17, 15) is 4.79 Å². The smallest absolute Gasteiger partial charge is 0.237 e. The number of ether oxygens (including phenoxy) is 1. The molecule has 0 aliphatic rings. The molecular weight excluding hydrogens is 240 g/mol. The van der Waals surface area contributed by atoms with Crippen LogP contribution >= 0.6 is 11.3 Å². The van der Waals surface area contributed by atoms with Gasteiger partial charge in [0.25, 0.3) is 0 Å². The van der Waals surface area contributed by atoms with Crippen LogP contribution in [-0.2, 0) is 11.3 Å². The van der Waals surface area contributed by atoms with E-state index in [1.54, 1.807) is 25.5 Å². The van der Waals surface area contributed by atoms with E-state index >= 15 is 0 Å². The average Bonchev–Trinajstić information content (AvgIpc) is 2.90. The Hall–Kier alpha value is -1.60. The summed E-state index contributed by atoms with van der Waals surface area (Å²) in [4.78, 5) is 16.3. The Bertz CT molecular complexity index is 519. The van der Waals surface area contributed by atoms with Crippen molar-refractivity contribution in [3.05, 3.63) is 17.3 Å². The highest BCUT2D eigenvalue weighted by Crippen LogP contribution is 2.22. The number of amides is 1. The largest absolute Gasteiger partial charge is 0.480 e. The number of carbonyl (C=O) groups excluding carboxylic acids is 1. The summed E-state index contributed by atoms with van der Waals surface area (Å²) in [5.41, 5.74) is 0.924. The Morgan fingerprint density at radius 3 is 3.18 bits per heavy atom. The summed E-state index contributed by atoms with van der Waals surface area (Å²) < 4.78 is 7.17. The van der Waals surface area contributed by atoms with Crippen LogP contribution in [0, 0.1) is 0 Å². The van der Waals surface area contributed by atoms with Crippen LogP contribution < -0.4 is 15.4 Å². The molecule has 0 saturated heterocycles. The molecule has 0 fully saturated rings. The van der Waals surface area contributed by atoms with E-state index in [-0.39, 0.29) is 12.5 Å². The van der Waals surface area contributed by atoms with Gasteiger partial charge in [0.2, 0.25) is 11.8 Å². The van der Waals surface area contributed by atoms with E-state index in [1.807, 2.05) is 16.0 Å². The third-order valence-electron chi connectivity index (χ3n) is 2.37. The molecule has 2 aromatic rings. The number of aromatic nitrogens is 2. The van der Waals surface area contributed by atoms with Crippen molar-refractivity contribution in [2.24, 2.45) is 0 Å². The lowest BCUT2D eigenvalue weighted by Gasteiger charge is -2.04. The van der Waals surface area contributed by atoms with Crippen molar-refractivity contribution in [3.8, 4) is 5.88 Å². The molecule has 2 heterocycles. The Labute approximate surface area is 103 Å². The molecule has 17 heavy (non-hydrogen) atoms. The zero-order valence-corrected chi connectivity index (χ0v) is 10.5. The molecule has 0 spiro atoms. The number of carbonyl (C=O) groups is 1. The molecule has 0 radical (unpaired) electrons. The van der Waals surface area contributed by atoms with Gasteiger partial charge in [-0.3, -0.25) is 9.20 Å². The number of likely N-dealkylation sites (N-methyl/N-ethyl adjacent to an activating group) is 1. The highest BCUT2D eigenvalue weighted by atomic mass is 32.1. The topological polar surface area (TPSA) is 67.7 Å². The van der Waals surface area contributed by atoms with Crippen molar-refractivity contribution >= 4 is 22.2 Å². The number of thiazole rings is 1. The minimum Gasteiger partial charge on any atom is -0.480 e. The molecule has 92 valence electrons. The van der Waals surface area contributed by atoms with Gasteiger partial charge in [0, 0.05) is 25.2 Å². The van der Waals surface area contributed by atoms with Gasteiger partial charge in [-0.1, -0.05) is 0 Å². The van der Waals surface area contributed by atoms with Crippen molar-refractivity contribution in [1.82, 2.24) is 20.0 Å². The minimum absolute atomic E-state index is 0.0463. The second-order valence-corrected chi connectivity index (χ2v) is 4.27. The lowest BCUT2D eigenvalue weighted by atomic mass is 10.4. The summed E-state index contributed by atoms with van der Waals surface area (Å²) in [7, 11) is 3.20. The number of methoxy groups -OCH3 is 1. The summed E-state index contributed by atoms with van der Waals surface area (Å²) in [6.07, 6.45) is 1.94. The van der Waals surface area contributed by atoms with E-state index in [0.29, 0.717) is 12.4 Å². The molecule has 0 aliphatic heterocycles. The van der Waals surface area contributed by atoms with Crippen LogP contribution in [0.5, 0.6) is 5.88 Å². The van der Waals surface area contributed by atoms with Gasteiger partial charge in [-0.05, 0) is 0 Å². The van der Waals surface area contributed by atoms with Crippen LogP contribution in [-0.4, -0.2) is 36.0 Å². The lowest BCUT2D eigenvalue weighted by Crippen LogP contribution is -2.31. The van der Waals surface area contributed by atoms with Crippen LogP contribution in [0.15, 0.2) is 11.6 Å². The van der Waals surface area contributed by atoms with Crippen molar-refractivity contribution in [2.75, 3.05) is 20.7 Å². The fourth-order valence-corrected chi connectivity index (χ4v) is 2.24.